The molecule has 1 fully saturated rings. The largest absolute Gasteiger partial charge is 0.478 e. The van der Waals surface area contributed by atoms with Crippen LogP contribution >= 0.6 is 11.6 Å². The van der Waals surface area contributed by atoms with Crippen molar-refractivity contribution in [2.45, 2.75) is 33.1 Å². The van der Waals surface area contributed by atoms with Gasteiger partial charge >= 0.3 is 5.97 Å². The molecule has 1 aliphatic heterocycles. The Morgan fingerprint density at radius 1 is 1.42 bits per heavy atom. The second-order valence-electron chi connectivity index (χ2n) is 5.32. The number of hydrogen-bond donors (Lipinski definition) is 1. The van der Waals surface area contributed by atoms with Gasteiger partial charge in [0, 0.05) is 13.1 Å². The lowest BCUT2D eigenvalue weighted by atomic mass is 9.82. The molecule has 1 N–H and O–H groups in total. The summed E-state index contributed by atoms with van der Waals surface area (Å²) >= 11 is 6.23. The van der Waals surface area contributed by atoms with Crippen LogP contribution in [0, 0.1) is 5.41 Å². The van der Waals surface area contributed by atoms with Gasteiger partial charge in [-0.15, -0.1) is 0 Å². The highest BCUT2D eigenvalue weighted by Crippen LogP contribution is 2.42. The van der Waals surface area contributed by atoms with E-state index in [1.165, 1.54) is 0 Å². The summed E-state index contributed by atoms with van der Waals surface area (Å²) in [7, 11) is 0. The Morgan fingerprint density at radius 3 is 2.63 bits per heavy atom. The molecule has 1 aromatic carbocycles. The van der Waals surface area contributed by atoms with Crippen molar-refractivity contribution < 1.29 is 9.90 Å². The van der Waals surface area contributed by atoms with Gasteiger partial charge in [0.15, 0.2) is 0 Å². The topological polar surface area (TPSA) is 40.5 Å². The molecule has 0 unspecified atom stereocenters. The predicted octanol–water partition coefficient (Wildman–Crippen LogP) is 4.05. The van der Waals surface area contributed by atoms with Crippen molar-refractivity contribution in [3.8, 4) is 0 Å². The maximum atomic E-state index is 11.3. The zero-order valence-corrected chi connectivity index (χ0v) is 12.2. The highest BCUT2D eigenvalue weighted by molar-refractivity contribution is 6.34. The minimum atomic E-state index is -0.914. The number of para-hydroxylation sites is 1. The third-order valence-electron chi connectivity index (χ3n) is 4.47. The van der Waals surface area contributed by atoms with E-state index in [4.69, 9.17) is 11.6 Å². The molecule has 1 aromatic rings. The summed E-state index contributed by atoms with van der Waals surface area (Å²) < 4.78 is 0. The van der Waals surface area contributed by atoms with Crippen molar-refractivity contribution in [1.82, 2.24) is 0 Å². The molecule has 0 saturated carbocycles. The summed E-state index contributed by atoms with van der Waals surface area (Å²) in [5.41, 5.74) is 1.28. The summed E-state index contributed by atoms with van der Waals surface area (Å²) in [5.74, 6) is -0.914. The maximum absolute atomic E-state index is 11.3. The number of aromatic carboxylic acids is 1. The van der Waals surface area contributed by atoms with Crippen molar-refractivity contribution >= 4 is 23.3 Å². The third-order valence-corrected chi connectivity index (χ3v) is 4.78. The van der Waals surface area contributed by atoms with E-state index in [1.807, 2.05) is 0 Å². The fourth-order valence-corrected chi connectivity index (χ4v) is 3.26. The average Bonchev–Trinajstić information content (AvgIpc) is 2.83. The fraction of sp³-hybridized carbons (Fsp3) is 0.533. The lowest BCUT2D eigenvalue weighted by molar-refractivity contribution is 0.0697. The minimum Gasteiger partial charge on any atom is -0.478 e. The van der Waals surface area contributed by atoms with Crippen molar-refractivity contribution in [1.29, 1.82) is 0 Å². The van der Waals surface area contributed by atoms with Crippen LogP contribution in [0.4, 0.5) is 5.69 Å². The second-order valence-corrected chi connectivity index (χ2v) is 5.73. The number of benzene rings is 1. The number of halogens is 1. The van der Waals surface area contributed by atoms with Crippen LogP contribution in [-0.4, -0.2) is 24.2 Å². The van der Waals surface area contributed by atoms with E-state index in [-0.39, 0.29) is 0 Å². The second kappa shape index (κ2) is 5.41. The van der Waals surface area contributed by atoms with E-state index in [0.717, 1.165) is 32.4 Å². The number of carboxylic acid groups (broad SMARTS) is 1. The molecule has 1 heterocycles. The van der Waals surface area contributed by atoms with Gasteiger partial charge in [0.1, 0.15) is 0 Å². The quantitative estimate of drug-likeness (QED) is 0.905. The molecule has 0 atom stereocenters. The monoisotopic (exact) mass is 281 g/mol. The summed E-state index contributed by atoms with van der Waals surface area (Å²) in [4.78, 5) is 13.5. The Labute approximate surface area is 119 Å². The Balaban J connectivity index is 2.36. The van der Waals surface area contributed by atoms with E-state index in [1.54, 1.807) is 18.2 Å². The molecular weight excluding hydrogens is 262 g/mol. The first-order valence-corrected chi connectivity index (χ1v) is 7.17. The minimum absolute atomic E-state index is 0.301. The molecule has 0 radical (unpaired) electrons. The van der Waals surface area contributed by atoms with Gasteiger partial charge < -0.3 is 10.0 Å². The standard InChI is InChI=1S/C15H20ClNO2/c1-3-15(4-2)8-9-17(10-15)13-11(14(18)19)6-5-7-12(13)16/h5-7H,3-4,8-10H2,1-2H3,(H,18,19). The van der Waals surface area contributed by atoms with Crippen LogP contribution in [0.25, 0.3) is 0 Å². The van der Waals surface area contributed by atoms with E-state index < -0.39 is 5.97 Å². The first-order chi connectivity index (χ1) is 9.03. The van der Waals surface area contributed by atoms with Gasteiger partial charge in [-0.25, -0.2) is 4.79 Å². The lowest BCUT2D eigenvalue weighted by Gasteiger charge is -2.28. The average molecular weight is 282 g/mol. The van der Waals surface area contributed by atoms with Gasteiger partial charge in [-0.05, 0) is 36.8 Å². The number of carboxylic acids is 1. The predicted molar refractivity (Wildman–Crippen MR) is 78.3 cm³/mol. The number of nitrogens with zero attached hydrogens (tertiary/aromatic N) is 1. The molecule has 0 amide bonds. The van der Waals surface area contributed by atoms with Crippen molar-refractivity contribution in [3.63, 3.8) is 0 Å². The molecule has 1 aliphatic rings. The molecule has 0 spiro atoms. The number of anilines is 1. The van der Waals surface area contributed by atoms with Crippen LogP contribution in [0.5, 0.6) is 0 Å². The third kappa shape index (κ3) is 2.57. The Kier molecular flexibility index (Phi) is 4.04. The zero-order valence-electron chi connectivity index (χ0n) is 11.4. The lowest BCUT2D eigenvalue weighted by Crippen LogP contribution is -2.27. The van der Waals surface area contributed by atoms with Crippen LogP contribution in [0.3, 0.4) is 0 Å². The molecule has 1 saturated heterocycles. The van der Waals surface area contributed by atoms with Gasteiger partial charge in [0.2, 0.25) is 0 Å². The Morgan fingerprint density at radius 2 is 2.11 bits per heavy atom. The van der Waals surface area contributed by atoms with Crippen molar-refractivity contribution in [3.05, 3.63) is 28.8 Å². The SMILES string of the molecule is CCC1(CC)CCN(c2c(Cl)cccc2C(=O)O)C1. The first kappa shape index (κ1) is 14.2. The van der Waals surface area contributed by atoms with Crippen LogP contribution < -0.4 is 4.90 Å². The van der Waals surface area contributed by atoms with Gasteiger partial charge in [0.05, 0.1) is 16.3 Å². The van der Waals surface area contributed by atoms with Gasteiger partial charge in [-0.1, -0.05) is 31.5 Å². The first-order valence-electron chi connectivity index (χ1n) is 6.80. The molecule has 3 nitrogen and oxygen atoms in total. The maximum Gasteiger partial charge on any atom is 0.337 e. The van der Waals surface area contributed by atoms with Gasteiger partial charge in [0.25, 0.3) is 0 Å². The molecule has 0 bridgehead atoms. The molecule has 0 aliphatic carbocycles. The van der Waals surface area contributed by atoms with Crippen LogP contribution in [-0.2, 0) is 0 Å². The Hall–Kier alpha value is -1.22. The molecular formula is C15H20ClNO2. The van der Waals surface area contributed by atoms with E-state index in [2.05, 4.69) is 18.7 Å². The van der Waals surface area contributed by atoms with E-state index in [0.29, 0.717) is 21.7 Å². The molecule has 0 aromatic heterocycles. The normalized spacial score (nSPS) is 17.7. The van der Waals surface area contributed by atoms with Gasteiger partial charge in [-0.3, -0.25) is 0 Å². The molecule has 4 heteroatoms. The number of hydrogen-bond acceptors (Lipinski definition) is 2. The molecule has 2 rings (SSSR count). The van der Waals surface area contributed by atoms with Crippen LogP contribution in [0.2, 0.25) is 5.02 Å². The highest BCUT2D eigenvalue weighted by Gasteiger charge is 2.36. The summed E-state index contributed by atoms with van der Waals surface area (Å²) in [6.07, 6.45) is 3.34. The van der Waals surface area contributed by atoms with E-state index >= 15 is 0 Å². The number of rotatable bonds is 4. The summed E-state index contributed by atoms with van der Waals surface area (Å²) in [6, 6.07) is 5.08. The fourth-order valence-electron chi connectivity index (χ4n) is 2.96. The number of carbonyl (C=O) groups is 1. The van der Waals surface area contributed by atoms with Crippen LogP contribution in [0.1, 0.15) is 43.5 Å². The zero-order chi connectivity index (χ0) is 14.0. The van der Waals surface area contributed by atoms with Gasteiger partial charge in [-0.2, -0.15) is 0 Å². The highest BCUT2D eigenvalue weighted by atomic mass is 35.5. The molecule has 104 valence electrons. The van der Waals surface area contributed by atoms with E-state index in [9.17, 15) is 9.90 Å². The molecule has 19 heavy (non-hydrogen) atoms. The summed E-state index contributed by atoms with van der Waals surface area (Å²) in [6.45, 7) is 6.19. The Bertz CT molecular complexity index is 483. The van der Waals surface area contributed by atoms with Crippen molar-refractivity contribution in [2.24, 2.45) is 5.41 Å². The smallest absolute Gasteiger partial charge is 0.337 e. The summed E-state index contributed by atoms with van der Waals surface area (Å²) in [5, 5.41) is 9.84. The van der Waals surface area contributed by atoms with Crippen molar-refractivity contribution in [2.75, 3.05) is 18.0 Å². The van der Waals surface area contributed by atoms with Crippen LogP contribution in [0.15, 0.2) is 18.2 Å².